The van der Waals surface area contributed by atoms with E-state index in [4.69, 9.17) is 0 Å². The molecule has 2 nitrogen and oxygen atoms in total. The lowest BCUT2D eigenvalue weighted by Crippen LogP contribution is -2.14. The maximum atomic E-state index is 12.3. The smallest absolute Gasteiger partial charge is 0.233 e. The molecule has 0 atom stereocenters. The molecule has 0 aliphatic heterocycles. The maximum absolute atomic E-state index is 12.3. The van der Waals surface area contributed by atoms with Crippen LogP contribution < -0.4 is 0 Å². The Morgan fingerprint density at radius 3 is 1.52 bits per heavy atom. The molecular weight excluding hydrogens is 284 g/mol. The van der Waals surface area contributed by atoms with E-state index >= 15 is 0 Å². The van der Waals surface area contributed by atoms with Crippen molar-refractivity contribution < 1.29 is 9.59 Å². The summed E-state index contributed by atoms with van der Waals surface area (Å²) in [6.45, 7) is 0. The van der Waals surface area contributed by atoms with Gasteiger partial charge in [-0.25, -0.2) is 0 Å². The summed E-state index contributed by atoms with van der Waals surface area (Å²) < 4.78 is 0. The molecule has 3 aromatic rings. The van der Waals surface area contributed by atoms with E-state index in [1.165, 1.54) is 5.56 Å². The van der Waals surface area contributed by atoms with Gasteiger partial charge in [0, 0.05) is 11.1 Å². The summed E-state index contributed by atoms with van der Waals surface area (Å²) >= 11 is 0. The zero-order valence-corrected chi connectivity index (χ0v) is 12.6. The van der Waals surface area contributed by atoms with E-state index in [0.29, 0.717) is 11.1 Å². The Kier molecular flexibility index (Phi) is 4.44. The van der Waals surface area contributed by atoms with Crippen LogP contribution in [0.4, 0.5) is 0 Å². The average molecular weight is 300 g/mol. The molecule has 0 N–H and O–H groups in total. The standard InChI is InChI=1S/C21H16O2/c22-20(18-9-5-2-6-10-18)21(23)19-13-11-17(12-14-19)15-16-7-3-1-4-8-16/h1-14H,15H2. The highest BCUT2D eigenvalue weighted by Crippen LogP contribution is 2.13. The fourth-order valence-electron chi connectivity index (χ4n) is 2.46. The molecule has 0 fully saturated rings. The third kappa shape index (κ3) is 3.61. The molecule has 0 aliphatic carbocycles. The lowest BCUT2D eigenvalue weighted by atomic mass is 9.99. The summed E-state index contributed by atoms with van der Waals surface area (Å²) in [7, 11) is 0. The predicted molar refractivity (Wildman–Crippen MR) is 90.8 cm³/mol. The van der Waals surface area contributed by atoms with E-state index in [1.807, 2.05) is 36.4 Å². The first-order chi connectivity index (χ1) is 11.2. The second-order valence-electron chi connectivity index (χ2n) is 5.38. The largest absolute Gasteiger partial charge is 0.285 e. The molecule has 0 saturated heterocycles. The second kappa shape index (κ2) is 6.84. The first kappa shape index (κ1) is 14.9. The maximum Gasteiger partial charge on any atom is 0.233 e. The molecule has 0 heterocycles. The van der Waals surface area contributed by atoms with E-state index < -0.39 is 11.6 Å². The lowest BCUT2D eigenvalue weighted by Gasteiger charge is -2.04. The van der Waals surface area contributed by atoms with E-state index in [1.54, 1.807) is 36.4 Å². The topological polar surface area (TPSA) is 34.1 Å². The van der Waals surface area contributed by atoms with E-state index in [9.17, 15) is 9.59 Å². The highest BCUT2D eigenvalue weighted by atomic mass is 16.2. The highest BCUT2D eigenvalue weighted by Gasteiger charge is 2.17. The van der Waals surface area contributed by atoms with E-state index in [2.05, 4.69) is 12.1 Å². The number of ketones is 2. The van der Waals surface area contributed by atoms with E-state index in [-0.39, 0.29) is 0 Å². The summed E-state index contributed by atoms with van der Waals surface area (Å²) in [4.78, 5) is 24.4. The summed E-state index contributed by atoms with van der Waals surface area (Å²) in [5.74, 6) is -0.941. The molecule has 112 valence electrons. The first-order valence-electron chi connectivity index (χ1n) is 7.51. The Morgan fingerprint density at radius 1 is 0.522 bits per heavy atom. The van der Waals surface area contributed by atoms with Crippen molar-refractivity contribution in [1.82, 2.24) is 0 Å². The zero-order chi connectivity index (χ0) is 16.1. The molecule has 0 radical (unpaired) electrons. The van der Waals surface area contributed by atoms with Gasteiger partial charge in [-0.15, -0.1) is 0 Å². The number of carbonyl (C=O) groups excluding carboxylic acids is 2. The molecule has 3 aromatic carbocycles. The summed E-state index contributed by atoms with van der Waals surface area (Å²) in [5.41, 5.74) is 3.17. The van der Waals surface area contributed by atoms with Crippen LogP contribution in [0.15, 0.2) is 84.9 Å². The van der Waals surface area contributed by atoms with E-state index in [0.717, 1.165) is 12.0 Å². The highest BCUT2D eigenvalue weighted by molar-refractivity contribution is 6.49. The molecular formula is C21H16O2. The second-order valence-corrected chi connectivity index (χ2v) is 5.38. The summed E-state index contributed by atoms with van der Waals surface area (Å²) in [6.07, 6.45) is 0.807. The van der Waals surface area contributed by atoms with Crippen molar-refractivity contribution in [2.75, 3.05) is 0 Å². The molecule has 23 heavy (non-hydrogen) atoms. The number of hydrogen-bond acceptors (Lipinski definition) is 2. The Hall–Kier alpha value is -3.00. The van der Waals surface area contributed by atoms with Gasteiger partial charge in [0.05, 0.1) is 0 Å². The van der Waals surface area contributed by atoms with Crippen molar-refractivity contribution in [3.05, 3.63) is 107 Å². The number of benzene rings is 3. The van der Waals surface area contributed by atoms with Gasteiger partial charge in [0.25, 0.3) is 0 Å². The van der Waals surface area contributed by atoms with Crippen LogP contribution in [0.3, 0.4) is 0 Å². The van der Waals surface area contributed by atoms with Crippen LogP contribution in [0, 0.1) is 0 Å². The van der Waals surface area contributed by atoms with Crippen LogP contribution in [0.2, 0.25) is 0 Å². The Balaban J connectivity index is 1.74. The molecule has 2 heteroatoms. The number of rotatable bonds is 5. The quantitative estimate of drug-likeness (QED) is 0.519. The van der Waals surface area contributed by atoms with Crippen molar-refractivity contribution >= 4 is 11.6 Å². The third-order valence-electron chi connectivity index (χ3n) is 3.71. The van der Waals surface area contributed by atoms with Crippen LogP contribution in [0.1, 0.15) is 31.8 Å². The molecule has 0 spiro atoms. The molecule has 0 amide bonds. The minimum Gasteiger partial charge on any atom is -0.285 e. The Bertz CT molecular complexity index is 803. The number of Topliss-reactive ketones (excluding diaryl/α,β-unsaturated/α-hetero) is 2. The zero-order valence-electron chi connectivity index (χ0n) is 12.6. The lowest BCUT2D eigenvalue weighted by molar-refractivity contribution is 0.0817. The van der Waals surface area contributed by atoms with Gasteiger partial charge >= 0.3 is 0 Å². The predicted octanol–water partition coefficient (Wildman–Crippen LogP) is 4.34. The van der Waals surface area contributed by atoms with Crippen LogP contribution >= 0.6 is 0 Å². The molecule has 0 saturated carbocycles. The van der Waals surface area contributed by atoms with Crippen LogP contribution in [0.25, 0.3) is 0 Å². The van der Waals surface area contributed by atoms with Crippen molar-refractivity contribution in [3.63, 3.8) is 0 Å². The fourth-order valence-corrected chi connectivity index (χ4v) is 2.46. The van der Waals surface area contributed by atoms with Crippen molar-refractivity contribution in [1.29, 1.82) is 0 Å². The molecule has 3 rings (SSSR count). The minimum absolute atomic E-state index is 0.422. The molecule has 0 aliphatic rings. The normalized spacial score (nSPS) is 10.3. The Morgan fingerprint density at radius 2 is 0.957 bits per heavy atom. The monoisotopic (exact) mass is 300 g/mol. The minimum atomic E-state index is -0.471. The van der Waals surface area contributed by atoms with Crippen molar-refractivity contribution in [3.8, 4) is 0 Å². The van der Waals surface area contributed by atoms with Gasteiger partial charge in [0.15, 0.2) is 0 Å². The SMILES string of the molecule is O=C(C(=O)c1ccc(Cc2ccccc2)cc1)c1ccccc1. The van der Waals surface area contributed by atoms with Crippen LogP contribution in [-0.2, 0) is 6.42 Å². The first-order valence-corrected chi connectivity index (χ1v) is 7.51. The van der Waals surface area contributed by atoms with Gasteiger partial charge in [0.2, 0.25) is 11.6 Å². The molecule has 0 bridgehead atoms. The van der Waals surface area contributed by atoms with Gasteiger partial charge in [-0.1, -0.05) is 84.9 Å². The van der Waals surface area contributed by atoms with Crippen LogP contribution in [0.5, 0.6) is 0 Å². The Labute approximate surface area is 135 Å². The van der Waals surface area contributed by atoms with Crippen LogP contribution in [-0.4, -0.2) is 11.6 Å². The van der Waals surface area contributed by atoms with Crippen molar-refractivity contribution in [2.24, 2.45) is 0 Å². The van der Waals surface area contributed by atoms with Gasteiger partial charge in [-0.2, -0.15) is 0 Å². The molecule has 0 unspecified atom stereocenters. The molecule has 0 aromatic heterocycles. The van der Waals surface area contributed by atoms with Gasteiger partial charge in [-0.05, 0) is 17.5 Å². The van der Waals surface area contributed by atoms with Gasteiger partial charge < -0.3 is 0 Å². The summed E-state index contributed by atoms with van der Waals surface area (Å²) in [5, 5.41) is 0. The number of hydrogen-bond donors (Lipinski definition) is 0. The summed E-state index contributed by atoms with van der Waals surface area (Å²) in [6, 6.07) is 26.0. The average Bonchev–Trinajstić information content (AvgIpc) is 2.63. The van der Waals surface area contributed by atoms with Gasteiger partial charge in [0.1, 0.15) is 0 Å². The third-order valence-corrected chi connectivity index (χ3v) is 3.71. The fraction of sp³-hybridized carbons (Fsp3) is 0.0476. The number of carbonyl (C=O) groups is 2. The van der Waals surface area contributed by atoms with Crippen molar-refractivity contribution in [2.45, 2.75) is 6.42 Å². The van der Waals surface area contributed by atoms with Gasteiger partial charge in [-0.3, -0.25) is 9.59 Å².